The first-order valence-electron chi connectivity index (χ1n) is 8.29. The van der Waals surface area contributed by atoms with Crippen molar-refractivity contribution in [2.45, 2.75) is 25.7 Å². The molecule has 6 heteroatoms. The minimum Gasteiger partial charge on any atom is -0.508 e. The monoisotopic (exact) mass is 345 g/mol. The third kappa shape index (κ3) is 4.62. The van der Waals surface area contributed by atoms with E-state index in [1.807, 2.05) is 18.2 Å². The van der Waals surface area contributed by atoms with Crippen LogP contribution in [-0.2, 0) is 11.2 Å². The second kappa shape index (κ2) is 7.88. The maximum absolute atomic E-state index is 13.6. The Morgan fingerprint density at radius 3 is 2.76 bits per heavy atom. The quantitative estimate of drug-likeness (QED) is 0.868. The minimum atomic E-state index is -0.575. The van der Waals surface area contributed by atoms with Crippen LogP contribution in [0.25, 0.3) is 0 Å². The van der Waals surface area contributed by atoms with Crippen LogP contribution >= 0.6 is 0 Å². The van der Waals surface area contributed by atoms with E-state index in [9.17, 15) is 14.3 Å². The number of anilines is 1. The van der Waals surface area contributed by atoms with Crippen molar-refractivity contribution in [1.29, 1.82) is 0 Å². The average molecular weight is 345 g/mol. The molecule has 0 radical (unpaired) electrons. The van der Waals surface area contributed by atoms with E-state index in [0.29, 0.717) is 26.1 Å². The summed E-state index contributed by atoms with van der Waals surface area (Å²) in [7, 11) is 0. The van der Waals surface area contributed by atoms with Gasteiger partial charge >= 0.3 is 0 Å². The molecule has 132 valence electrons. The van der Waals surface area contributed by atoms with Gasteiger partial charge in [-0.3, -0.25) is 4.79 Å². The van der Waals surface area contributed by atoms with Crippen LogP contribution in [-0.4, -0.2) is 24.2 Å². The Labute approximate surface area is 145 Å². The Kier molecular flexibility index (Phi) is 5.38. The first-order valence-corrected chi connectivity index (χ1v) is 8.29. The summed E-state index contributed by atoms with van der Waals surface area (Å²) in [4.78, 5) is 11.9. The number of benzene rings is 2. The van der Waals surface area contributed by atoms with Gasteiger partial charge in [0.25, 0.3) is 0 Å². The minimum absolute atomic E-state index is 0.0134. The number of halogens is 1. The van der Waals surface area contributed by atoms with Crippen molar-refractivity contribution < 1.29 is 23.8 Å². The third-order valence-electron chi connectivity index (χ3n) is 3.91. The van der Waals surface area contributed by atoms with E-state index in [-0.39, 0.29) is 23.8 Å². The van der Waals surface area contributed by atoms with Gasteiger partial charge in [-0.15, -0.1) is 0 Å². The number of phenolic OH excluding ortho intramolecular Hbond substituents is 1. The zero-order valence-electron chi connectivity index (χ0n) is 13.8. The van der Waals surface area contributed by atoms with Crippen molar-refractivity contribution in [2.24, 2.45) is 0 Å². The summed E-state index contributed by atoms with van der Waals surface area (Å²) in [5, 5.41) is 11.8. The Bertz CT molecular complexity index is 763. The van der Waals surface area contributed by atoms with Crippen molar-refractivity contribution in [2.75, 3.05) is 18.5 Å². The molecule has 25 heavy (non-hydrogen) atoms. The van der Waals surface area contributed by atoms with Gasteiger partial charge < -0.3 is 19.9 Å². The molecule has 2 N–H and O–H groups in total. The van der Waals surface area contributed by atoms with E-state index >= 15 is 0 Å². The lowest BCUT2D eigenvalue weighted by Crippen LogP contribution is -2.12. The normalized spacial score (nSPS) is 13.2. The summed E-state index contributed by atoms with van der Waals surface area (Å²) >= 11 is 0. The Morgan fingerprint density at radius 1 is 1.12 bits per heavy atom. The predicted molar refractivity (Wildman–Crippen MR) is 91.7 cm³/mol. The lowest BCUT2D eigenvalue weighted by molar-refractivity contribution is -0.116. The van der Waals surface area contributed by atoms with Gasteiger partial charge in [-0.1, -0.05) is 6.07 Å². The van der Waals surface area contributed by atoms with Crippen molar-refractivity contribution in [3.63, 3.8) is 0 Å². The number of carbonyl (C=O) groups is 1. The van der Waals surface area contributed by atoms with Crippen molar-refractivity contribution >= 4 is 11.6 Å². The van der Waals surface area contributed by atoms with Gasteiger partial charge in [0.1, 0.15) is 11.6 Å². The number of fused-ring (bicyclic) bond motifs is 1. The first-order chi connectivity index (χ1) is 12.1. The molecule has 2 aromatic rings. The fourth-order valence-electron chi connectivity index (χ4n) is 2.64. The highest BCUT2D eigenvalue weighted by Crippen LogP contribution is 2.30. The molecule has 1 aliphatic rings. The van der Waals surface area contributed by atoms with E-state index in [1.165, 1.54) is 12.1 Å². The Morgan fingerprint density at radius 2 is 1.92 bits per heavy atom. The molecule has 1 heterocycles. The zero-order valence-corrected chi connectivity index (χ0v) is 13.8. The van der Waals surface area contributed by atoms with Crippen molar-refractivity contribution in [3.05, 3.63) is 47.8 Å². The number of aryl methyl sites for hydroxylation is 1. The second-order valence-electron chi connectivity index (χ2n) is 5.90. The standard InChI is InChI=1S/C19H20FNO4/c20-15-7-6-14(22)12-16(15)21-19(23)4-1-3-13-5-8-17-18(11-13)25-10-2-9-24-17/h5-8,11-12,22H,1-4,9-10H2,(H,21,23). The Balaban J connectivity index is 1.51. The number of amides is 1. The highest BCUT2D eigenvalue weighted by molar-refractivity contribution is 5.91. The van der Waals surface area contributed by atoms with Crippen LogP contribution < -0.4 is 14.8 Å². The molecule has 0 aliphatic carbocycles. The number of rotatable bonds is 5. The molecule has 1 amide bonds. The molecule has 1 aliphatic heterocycles. The van der Waals surface area contributed by atoms with Crippen LogP contribution in [0.4, 0.5) is 10.1 Å². The molecule has 0 bridgehead atoms. The lowest BCUT2D eigenvalue weighted by Gasteiger charge is -2.10. The number of hydrogen-bond donors (Lipinski definition) is 2. The van der Waals surface area contributed by atoms with E-state index in [1.54, 1.807) is 0 Å². The van der Waals surface area contributed by atoms with Crippen LogP contribution in [0.1, 0.15) is 24.8 Å². The highest BCUT2D eigenvalue weighted by atomic mass is 19.1. The zero-order chi connectivity index (χ0) is 17.6. The van der Waals surface area contributed by atoms with Gasteiger partial charge in [0, 0.05) is 18.9 Å². The summed E-state index contributed by atoms with van der Waals surface area (Å²) in [6.07, 6.45) is 2.43. The third-order valence-corrected chi connectivity index (χ3v) is 3.91. The summed E-state index contributed by atoms with van der Waals surface area (Å²) in [5.74, 6) is 0.524. The molecule has 0 fully saturated rings. The molecule has 0 atom stereocenters. The van der Waals surface area contributed by atoms with Crippen LogP contribution in [0.3, 0.4) is 0 Å². The predicted octanol–water partition coefficient (Wildman–Crippen LogP) is 3.65. The van der Waals surface area contributed by atoms with Gasteiger partial charge in [0.2, 0.25) is 5.91 Å². The second-order valence-corrected chi connectivity index (χ2v) is 5.90. The molecule has 0 aromatic heterocycles. The molecule has 0 saturated carbocycles. The molecule has 0 saturated heterocycles. The molecular weight excluding hydrogens is 325 g/mol. The molecule has 3 rings (SSSR count). The Hall–Kier alpha value is -2.76. The van der Waals surface area contributed by atoms with Crippen LogP contribution in [0.2, 0.25) is 0 Å². The molecule has 0 spiro atoms. The topological polar surface area (TPSA) is 67.8 Å². The van der Waals surface area contributed by atoms with Crippen LogP contribution in [0, 0.1) is 5.82 Å². The first kappa shape index (κ1) is 17.1. The van der Waals surface area contributed by atoms with Crippen molar-refractivity contribution in [1.82, 2.24) is 0 Å². The lowest BCUT2D eigenvalue weighted by atomic mass is 10.1. The maximum atomic E-state index is 13.6. The van der Waals surface area contributed by atoms with E-state index in [4.69, 9.17) is 9.47 Å². The number of carbonyl (C=O) groups excluding carboxylic acids is 1. The van der Waals surface area contributed by atoms with Crippen LogP contribution in [0.15, 0.2) is 36.4 Å². The summed E-state index contributed by atoms with van der Waals surface area (Å²) in [6, 6.07) is 9.32. The largest absolute Gasteiger partial charge is 0.508 e. The summed E-state index contributed by atoms with van der Waals surface area (Å²) < 4.78 is 24.8. The smallest absolute Gasteiger partial charge is 0.224 e. The van der Waals surface area contributed by atoms with Gasteiger partial charge in [-0.25, -0.2) is 4.39 Å². The number of hydrogen-bond acceptors (Lipinski definition) is 4. The average Bonchev–Trinajstić information content (AvgIpc) is 2.83. The van der Waals surface area contributed by atoms with E-state index < -0.39 is 5.82 Å². The summed E-state index contributed by atoms with van der Waals surface area (Å²) in [6.45, 7) is 1.28. The van der Waals surface area contributed by atoms with Crippen LogP contribution in [0.5, 0.6) is 17.2 Å². The van der Waals surface area contributed by atoms with E-state index in [2.05, 4.69) is 5.32 Å². The molecular formula is C19H20FNO4. The van der Waals surface area contributed by atoms with Gasteiger partial charge in [-0.05, 0) is 42.7 Å². The van der Waals surface area contributed by atoms with Gasteiger partial charge in [0.15, 0.2) is 11.5 Å². The highest BCUT2D eigenvalue weighted by Gasteiger charge is 2.11. The van der Waals surface area contributed by atoms with Crippen molar-refractivity contribution in [3.8, 4) is 17.2 Å². The SMILES string of the molecule is O=C(CCCc1ccc2c(c1)OCCCO2)Nc1cc(O)ccc1F. The number of nitrogens with one attached hydrogen (secondary N) is 1. The number of phenols is 1. The van der Waals surface area contributed by atoms with E-state index in [0.717, 1.165) is 29.5 Å². The number of ether oxygens (including phenoxy) is 2. The fraction of sp³-hybridized carbons (Fsp3) is 0.316. The number of aromatic hydroxyl groups is 1. The molecule has 5 nitrogen and oxygen atoms in total. The summed E-state index contributed by atoms with van der Waals surface area (Å²) in [5.41, 5.74) is 1.04. The molecule has 0 unspecified atom stereocenters. The molecule has 2 aromatic carbocycles. The fourth-order valence-corrected chi connectivity index (χ4v) is 2.64. The van der Waals surface area contributed by atoms with Gasteiger partial charge in [-0.2, -0.15) is 0 Å². The maximum Gasteiger partial charge on any atom is 0.224 e. The van der Waals surface area contributed by atoms with Gasteiger partial charge in [0.05, 0.1) is 18.9 Å².